The molecule has 2 rings (SSSR count). The topological polar surface area (TPSA) is 57.4 Å². The summed E-state index contributed by atoms with van der Waals surface area (Å²) < 4.78 is 11.2. The standard InChI is InChI=1S/C11H10Cl2N2O2S/c1-5-3-8(7(16-2)4-6(5)14)17-11-15-9(12)10(13)18-11/h3-4H,14H2,1-2H3. The molecule has 96 valence electrons. The Morgan fingerprint density at radius 1 is 1.28 bits per heavy atom. The Morgan fingerprint density at radius 2 is 2.00 bits per heavy atom. The van der Waals surface area contributed by atoms with Gasteiger partial charge >= 0.3 is 0 Å². The van der Waals surface area contributed by atoms with Crippen molar-refractivity contribution in [2.45, 2.75) is 6.92 Å². The van der Waals surface area contributed by atoms with Crippen LogP contribution in [0.1, 0.15) is 5.56 Å². The number of ether oxygens (including phenoxy) is 2. The number of rotatable bonds is 3. The van der Waals surface area contributed by atoms with Crippen molar-refractivity contribution in [1.82, 2.24) is 4.98 Å². The van der Waals surface area contributed by atoms with Gasteiger partial charge in [0.15, 0.2) is 16.7 Å². The van der Waals surface area contributed by atoms with Gasteiger partial charge in [0, 0.05) is 11.8 Å². The largest absolute Gasteiger partial charge is 0.493 e. The zero-order chi connectivity index (χ0) is 13.3. The van der Waals surface area contributed by atoms with Crippen LogP contribution in [-0.2, 0) is 0 Å². The molecule has 0 amide bonds. The highest BCUT2D eigenvalue weighted by Crippen LogP contribution is 2.39. The molecule has 0 spiro atoms. The predicted molar refractivity (Wildman–Crippen MR) is 74.4 cm³/mol. The van der Waals surface area contributed by atoms with Crippen molar-refractivity contribution < 1.29 is 9.47 Å². The van der Waals surface area contributed by atoms with Gasteiger partial charge in [-0.25, -0.2) is 0 Å². The SMILES string of the molecule is COc1cc(N)c(C)cc1Oc1nc(Cl)c(Cl)s1. The number of hydrogen-bond donors (Lipinski definition) is 1. The number of halogens is 2. The van der Waals surface area contributed by atoms with Gasteiger partial charge < -0.3 is 15.2 Å². The number of benzene rings is 1. The lowest BCUT2D eigenvalue weighted by Crippen LogP contribution is -1.95. The van der Waals surface area contributed by atoms with E-state index >= 15 is 0 Å². The molecule has 1 heterocycles. The Morgan fingerprint density at radius 3 is 2.56 bits per heavy atom. The first-order valence-corrected chi connectivity index (χ1v) is 6.52. The molecule has 4 nitrogen and oxygen atoms in total. The Balaban J connectivity index is 2.36. The van der Waals surface area contributed by atoms with Gasteiger partial charge in [0.25, 0.3) is 5.19 Å². The molecule has 0 saturated heterocycles. The number of anilines is 1. The Kier molecular flexibility index (Phi) is 3.85. The molecule has 0 fully saturated rings. The summed E-state index contributed by atoms with van der Waals surface area (Å²) in [6.07, 6.45) is 0. The molecule has 18 heavy (non-hydrogen) atoms. The molecule has 2 N–H and O–H groups in total. The van der Waals surface area contributed by atoms with Crippen molar-refractivity contribution in [1.29, 1.82) is 0 Å². The molecule has 1 aromatic heterocycles. The zero-order valence-electron chi connectivity index (χ0n) is 9.66. The van der Waals surface area contributed by atoms with E-state index in [4.69, 9.17) is 38.4 Å². The highest BCUT2D eigenvalue weighted by Gasteiger charge is 2.13. The van der Waals surface area contributed by atoms with E-state index in [1.54, 1.807) is 19.2 Å². The number of methoxy groups -OCH3 is 1. The van der Waals surface area contributed by atoms with Gasteiger partial charge in [-0.1, -0.05) is 34.5 Å². The molecule has 0 bridgehead atoms. The Labute approximate surface area is 118 Å². The summed E-state index contributed by atoms with van der Waals surface area (Å²) in [6, 6.07) is 3.47. The monoisotopic (exact) mass is 304 g/mol. The van der Waals surface area contributed by atoms with Gasteiger partial charge in [-0.05, 0) is 18.6 Å². The first-order chi connectivity index (χ1) is 8.51. The lowest BCUT2D eigenvalue weighted by Gasteiger charge is -2.10. The Hall–Kier alpha value is -1.17. The van der Waals surface area contributed by atoms with E-state index in [0.717, 1.165) is 16.9 Å². The number of thiazole rings is 1. The summed E-state index contributed by atoms with van der Waals surface area (Å²) in [5.41, 5.74) is 7.32. The third kappa shape index (κ3) is 2.63. The minimum atomic E-state index is 0.225. The van der Waals surface area contributed by atoms with Gasteiger partial charge in [-0.15, -0.1) is 0 Å². The normalized spacial score (nSPS) is 10.4. The van der Waals surface area contributed by atoms with Crippen LogP contribution in [0, 0.1) is 6.92 Å². The second-order valence-corrected chi connectivity index (χ2v) is 5.43. The third-order valence-electron chi connectivity index (χ3n) is 2.28. The second kappa shape index (κ2) is 5.22. The highest BCUT2D eigenvalue weighted by atomic mass is 35.5. The van der Waals surface area contributed by atoms with E-state index in [1.165, 1.54) is 0 Å². The summed E-state index contributed by atoms with van der Waals surface area (Å²) in [5, 5.41) is 0.579. The molecule has 0 unspecified atom stereocenters. The molecule has 0 aliphatic carbocycles. The molecular weight excluding hydrogens is 295 g/mol. The average Bonchev–Trinajstić information content (AvgIpc) is 2.63. The van der Waals surface area contributed by atoms with Crippen molar-refractivity contribution in [3.05, 3.63) is 27.2 Å². The van der Waals surface area contributed by atoms with E-state index in [0.29, 0.717) is 26.7 Å². The Bertz CT molecular complexity index is 567. The molecule has 0 saturated carbocycles. The lowest BCUT2D eigenvalue weighted by atomic mass is 10.2. The maximum absolute atomic E-state index is 5.82. The van der Waals surface area contributed by atoms with Crippen LogP contribution >= 0.6 is 34.5 Å². The smallest absolute Gasteiger partial charge is 0.281 e. The molecule has 0 aliphatic rings. The third-order valence-corrected chi connectivity index (χ3v) is 3.89. The second-order valence-electron chi connectivity index (χ2n) is 3.51. The maximum Gasteiger partial charge on any atom is 0.281 e. The molecule has 0 radical (unpaired) electrons. The molecular formula is C11H10Cl2N2O2S. The first kappa shape index (κ1) is 13.3. The summed E-state index contributed by atoms with van der Waals surface area (Å²) in [6.45, 7) is 1.88. The van der Waals surface area contributed by atoms with E-state index in [-0.39, 0.29) is 5.15 Å². The minimum absolute atomic E-state index is 0.225. The zero-order valence-corrected chi connectivity index (χ0v) is 12.0. The number of hydrogen-bond acceptors (Lipinski definition) is 5. The predicted octanol–water partition coefficient (Wildman–Crippen LogP) is 4.14. The van der Waals surface area contributed by atoms with Crippen LogP contribution in [0.3, 0.4) is 0 Å². The van der Waals surface area contributed by atoms with Gasteiger partial charge in [0.1, 0.15) is 4.34 Å². The fourth-order valence-electron chi connectivity index (χ4n) is 1.32. The van der Waals surface area contributed by atoms with Crippen LogP contribution in [0.2, 0.25) is 9.49 Å². The fraction of sp³-hybridized carbons (Fsp3) is 0.182. The first-order valence-electron chi connectivity index (χ1n) is 4.95. The van der Waals surface area contributed by atoms with Crippen molar-refractivity contribution >= 4 is 40.2 Å². The number of aromatic nitrogens is 1. The molecule has 0 aliphatic heterocycles. The quantitative estimate of drug-likeness (QED) is 0.866. The van der Waals surface area contributed by atoms with Crippen LogP contribution in [0.25, 0.3) is 0 Å². The molecule has 0 atom stereocenters. The van der Waals surface area contributed by atoms with Crippen molar-refractivity contribution in [3.63, 3.8) is 0 Å². The van der Waals surface area contributed by atoms with Crippen molar-refractivity contribution in [3.8, 4) is 16.7 Å². The molecule has 1 aromatic carbocycles. The minimum Gasteiger partial charge on any atom is -0.493 e. The number of nitrogen functional groups attached to an aromatic ring is 1. The fourth-order valence-corrected chi connectivity index (χ4v) is 2.35. The van der Waals surface area contributed by atoms with E-state index < -0.39 is 0 Å². The van der Waals surface area contributed by atoms with Crippen molar-refractivity contribution in [2.24, 2.45) is 0 Å². The van der Waals surface area contributed by atoms with Gasteiger partial charge in [0.05, 0.1) is 7.11 Å². The van der Waals surface area contributed by atoms with E-state index in [9.17, 15) is 0 Å². The van der Waals surface area contributed by atoms with Crippen LogP contribution in [-0.4, -0.2) is 12.1 Å². The summed E-state index contributed by atoms with van der Waals surface area (Å²) >= 11 is 12.7. The van der Waals surface area contributed by atoms with E-state index in [2.05, 4.69) is 4.98 Å². The summed E-state index contributed by atoms with van der Waals surface area (Å²) in [5.74, 6) is 1.05. The highest BCUT2D eigenvalue weighted by molar-refractivity contribution is 7.18. The number of aryl methyl sites for hydroxylation is 1. The van der Waals surface area contributed by atoms with Crippen LogP contribution in [0.15, 0.2) is 12.1 Å². The number of nitrogens with two attached hydrogens (primary N) is 1. The van der Waals surface area contributed by atoms with Gasteiger partial charge in [-0.2, -0.15) is 4.98 Å². The number of nitrogens with zero attached hydrogens (tertiary/aromatic N) is 1. The maximum atomic E-state index is 5.82. The average molecular weight is 305 g/mol. The van der Waals surface area contributed by atoms with E-state index in [1.807, 2.05) is 6.92 Å². The van der Waals surface area contributed by atoms with Crippen LogP contribution in [0.5, 0.6) is 16.7 Å². The van der Waals surface area contributed by atoms with Crippen LogP contribution in [0.4, 0.5) is 5.69 Å². The molecule has 2 aromatic rings. The van der Waals surface area contributed by atoms with Crippen LogP contribution < -0.4 is 15.2 Å². The van der Waals surface area contributed by atoms with Crippen molar-refractivity contribution in [2.75, 3.05) is 12.8 Å². The summed E-state index contributed by atoms with van der Waals surface area (Å²) in [4.78, 5) is 3.98. The lowest BCUT2D eigenvalue weighted by molar-refractivity contribution is 0.378. The van der Waals surface area contributed by atoms with Gasteiger partial charge in [-0.3, -0.25) is 0 Å². The van der Waals surface area contributed by atoms with Gasteiger partial charge in [0.2, 0.25) is 0 Å². The summed E-state index contributed by atoms with van der Waals surface area (Å²) in [7, 11) is 1.54. The molecule has 7 heteroatoms.